The lowest BCUT2D eigenvalue weighted by atomic mass is 9.81. The van der Waals surface area contributed by atoms with Gasteiger partial charge in [-0.25, -0.2) is 0 Å². The van der Waals surface area contributed by atoms with Crippen LogP contribution < -0.4 is 5.32 Å². The van der Waals surface area contributed by atoms with Crippen molar-refractivity contribution in [1.82, 2.24) is 5.32 Å². The third-order valence-corrected chi connectivity index (χ3v) is 4.00. The first-order valence-corrected chi connectivity index (χ1v) is 5.37. The number of nitrogens with one attached hydrogen (secondary N) is 1. The van der Waals surface area contributed by atoms with E-state index in [0.29, 0.717) is 5.41 Å². The van der Waals surface area contributed by atoms with Gasteiger partial charge in [0.2, 0.25) is 0 Å². The summed E-state index contributed by atoms with van der Waals surface area (Å²) in [5.74, 6) is 2.08. The highest BCUT2D eigenvalue weighted by molar-refractivity contribution is 7.99. The first kappa shape index (κ1) is 9.88. The SMILES string of the molecule is CNC1(C#N)CSCC(C)(C)C1. The molecule has 1 fully saturated rings. The van der Waals surface area contributed by atoms with Gasteiger partial charge in [0.15, 0.2) is 0 Å². The van der Waals surface area contributed by atoms with E-state index in [0.717, 1.165) is 17.9 Å². The van der Waals surface area contributed by atoms with Crippen molar-refractivity contribution in [1.29, 1.82) is 5.26 Å². The molecule has 1 heterocycles. The lowest BCUT2D eigenvalue weighted by Gasteiger charge is -2.39. The average molecular weight is 184 g/mol. The van der Waals surface area contributed by atoms with Gasteiger partial charge in [-0.15, -0.1) is 0 Å². The lowest BCUT2D eigenvalue weighted by molar-refractivity contribution is 0.282. The molecule has 68 valence electrons. The molecule has 0 saturated carbocycles. The topological polar surface area (TPSA) is 35.8 Å². The second-order valence-corrected chi connectivity index (χ2v) is 5.26. The first-order valence-electron chi connectivity index (χ1n) is 4.22. The van der Waals surface area contributed by atoms with Gasteiger partial charge in [0.25, 0.3) is 0 Å². The molecule has 0 aromatic heterocycles. The highest BCUT2D eigenvalue weighted by Gasteiger charge is 2.39. The molecule has 0 radical (unpaired) electrons. The van der Waals surface area contributed by atoms with Gasteiger partial charge in [-0.05, 0) is 24.6 Å². The predicted molar refractivity (Wildman–Crippen MR) is 53.1 cm³/mol. The Kier molecular flexibility index (Phi) is 2.70. The molecule has 1 saturated heterocycles. The normalized spacial score (nSPS) is 34.2. The van der Waals surface area contributed by atoms with Crippen LogP contribution in [0.5, 0.6) is 0 Å². The standard InChI is InChI=1S/C9H16N2S/c1-8(2)4-9(5-10,11-3)7-12-6-8/h11H,4,6-7H2,1-3H3. The summed E-state index contributed by atoms with van der Waals surface area (Å²) in [7, 11) is 1.88. The van der Waals surface area contributed by atoms with Gasteiger partial charge < -0.3 is 5.32 Å². The second-order valence-electron chi connectivity index (χ2n) is 4.28. The van der Waals surface area contributed by atoms with E-state index in [1.807, 2.05) is 18.8 Å². The maximum Gasteiger partial charge on any atom is 0.116 e. The van der Waals surface area contributed by atoms with Crippen LogP contribution in [0.1, 0.15) is 20.3 Å². The van der Waals surface area contributed by atoms with E-state index in [2.05, 4.69) is 25.2 Å². The summed E-state index contributed by atoms with van der Waals surface area (Å²) in [5, 5.41) is 12.2. The van der Waals surface area contributed by atoms with E-state index in [9.17, 15) is 0 Å². The van der Waals surface area contributed by atoms with Crippen LogP contribution in [0.2, 0.25) is 0 Å². The Hall–Kier alpha value is -0.200. The van der Waals surface area contributed by atoms with Crippen LogP contribution in [0.15, 0.2) is 0 Å². The number of thioether (sulfide) groups is 1. The Bertz CT molecular complexity index is 207. The van der Waals surface area contributed by atoms with Gasteiger partial charge in [-0.1, -0.05) is 13.8 Å². The Morgan fingerprint density at radius 1 is 1.42 bits per heavy atom. The van der Waals surface area contributed by atoms with E-state index in [-0.39, 0.29) is 5.54 Å². The van der Waals surface area contributed by atoms with Crippen molar-refractivity contribution in [2.24, 2.45) is 5.41 Å². The zero-order valence-corrected chi connectivity index (χ0v) is 8.79. The average Bonchev–Trinajstić information content (AvgIpc) is 2.02. The summed E-state index contributed by atoms with van der Waals surface area (Å²) in [6, 6.07) is 2.39. The zero-order chi connectivity index (χ0) is 9.24. The van der Waals surface area contributed by atoms with Crippen LogP contribution in [0, 0.1) is 16.7 Å². The summed E-state index contributed by atoms with van der Waals surface area (Å²) >= 11 is 1.87. The molecule has 12 heavy (non-hydrogen) atoms. The minimum atomic E-state index is -0.285. The van der Waals surface area contributed by atoms with Gasteiger partial charge in [-0.3, -0.25) is 0 Å². The second kappa shape index (κ2) is 3.27. The lowest BCUT2D eigenvalue weighted by Crippen LogP contribution is -2.50. The van der Waals surface area contributed by atoms with E-state index in [1.54, 1.807) is 0 Å². The molecule has 0 spiro atoms. The minimum absolute atomic E-state index is 0.285. The van der Waals surface area contributed by atoms with Gasteiger partial charge in [0.05, 0.1) is 6.07 Å². The predicted octanol–water partition coefficient (Wildman–Crippen LogP) is 1.63. The Morgan fingerprint density at radius 3 is 2.42 bits per heavy atom. The minimum Gasteiger partial charge on any atom is -0.302 e. The monoisotopic (exact) mass is 184 g/mol. The van der Waals surface area contributed by atoms with Crippen molar-refractivity contribution in [2.75, 3.05) is 18.6 Å². The largest absolute Gasteiger partial charge is 0.302 e. The summed E-state index contributed by atoms with van der Waals surface area (Å²) in [4.78, 5) is 0. The molecule has 0 amide bonds. The molecule has 1 rings (SSSR count). The maximum atomic E-state index is 9.05. The summed E-state index contributed by atoms with van der Waals surface area (Å²) in [6.07, 6.45) is 0.958. The Balaban J connectivity index is 2.74. The van der Waals surface area contributed by atoms with E-state index >= 15 is 0 Å². The summed E-state index contributed by atoms with van der Waals surface area (Å²) in [5.41, 5.74) is 0.00801. The summed E-state index contributed by atoms with van der Waals surface area (Å²) < 4.78 is 0. The van der Waals surface area contributed by atoms with Gasteiger partial charge >= 0.3 is 0 Å². The van der Waals surface area contributed by atoms with Crippen LogP contribution in [-0.2, 0) is 0 Å². The Morgan fingerprint density at radius 2 is 2.08 bits per heavy atom. The van der Waals surface area contributed by atoms with Crippen LogP contribution in [0.25, 0.3) is 0 Å². The van der Waals surface area contributed by atoms with Crippen LogP contribution >= 0.6 is 11.8 Å². The van der Waals surface area contributed by atoms with Crippen molar-refractivity contribution >= 4 is 11.8 Å². The molecule has 1 aliphatic heterocycles. The fraction of sp³-hybridized carbons (Fsp3) is 0.889. The van der Waals surface area contributed by atoms with Crippen molar-refractivity contribution in [2.45, 2.75) is 25.8 Å². The van der Waals surface area contributed by atoms with Crippen LogP contribution in [-0.4, -0.2) is 24.1 Å². The van der Waals surface area contributed by atoms with E-state index in [4.69, 9.17) is 5.26 Å². The van der Waals surface area contributed by atoms with Crippen molar-refractivity contribution in [3.8, 4) is 6.07 Å². The van der Waals surface area contributed by atoms with Gasteiger partial charge in [0, 0.05) is 5.75 Å². The fourth-order valence-corrected chi connectivity index (χ4v) is 3.12. The zero-order valence-electron chi connectivity index (χ0n) is 7.98. The molecule has 0 aromatic carbocycles. The molecule has 3 heteroatoms. The fourth-order valence-electron chi connectivity index (χ4n) is 1.71. The molecule has 0 aromatic rings. The smallest absolute Gasteiger partial charge is 0.116 e. The number of hydrogen-bond donors (Lipinski definition) is 1. The highest BCUT2D eigenvalue weighted by Crippen LogP contribution is 2.38. The molecule has 2 nitrogen and oxygen atoms in total. The number of nitrogens with zero attached hydrogens (tertiary/aromatic N) is 1. The van der Waals surface area contributed by atoms with Crippen molar-refractivity contribution in [3.63, 3.8) is 0 Å². The van der Waals surface area contributed by atoms with E-state index in [1.165, 1.54) is 0 Å². The molecular formula is C9H16N2S. The van der Waals surface area contributed by atoms with Gasteiger partial charge in [0.1, 0.15) is 5.54 Å². The molecule has 1 unspecified atom stereocenters. The van der Waals surface area contributed by atoms with Crippen LogP contribution in [0.4, 0.5) is 0 Å². The molecule has 1 N–H and O–H groups in total. The first-order chi connectivity index (χ1) is 5.54. The van der Waals surface area contributed by atoms with Crippen molar-refractivity contribution in [3.05, 3.63) is 0 Å². The molecule has 1 atom stereocenters. The van der Waals surface area contributed by atoms with E-state index < -0.39 is 0 Å². The maximum absolute atomic E-state index is 9.05. The summed E-state index contributed by atoms with van der Waals surface area (Å²) in [6.45, 7) is 4.45. The quantitative estimate of drug-likeness (QED) is 0.673. The molecule has 0 bridgehead atoms. The van der Waals surface area contributed by atoms with Crippen LogP contribution in [0.3, 0.4) is 0 Å². The third-order valence-electron chi connectivity index (χ3n) is 2.31. The Labute approximate surface area is 78.7 Å². The molecule has 1 aliphatic rings. The van der Waals surface area contributed by atoms with Gasteiger partial charge in [-0.2, -0.15) is 17.0 Å². The molecule has 0 aliphatic carbocycles. The number of rotatable bonds is 1. The van der Waals surface area contributed by atoms with Crippen molar-refractivity contribution < 1.29 is 0 Å². The highest BCUT2D eigenvalue weighted by atomic mass is 32.2. The number of hydrogen-bond acceptors (Lipinski definition) is 3. The molecular weight excluding hydrogens is 168 g/mol. The number of nitriles is 1. The third kappa shape index (κ3) is 1.94.